The molecule has 5 heteroatoms. The number of likely N-dealkylation sites (tertiary alicyclic amines) is 1. The molecule has 0 spiro atoms. The Bertz CT molecular complexity index is 583. The van der Waals surface area contributed by atoms with Crippen molar-refractivity contribution >= 4 is 5.91 Å². The fourth-order valence-electron chi connectivity index (χ4n) is 2.80. The molecule has 0 atom stereocenters. The van der Waals surface area contributed by atoms with Crippen LogP contribution >= 0.6 is 0 Å². The summed E-state index contributed by atoms with van der Waals surface area (Å²) < 4.78 is 2.00. The van der Waals surface area contributed by atoms with Gasteiger partial charge in [-0.1, -0.05) is 12.1 Å². The van der Waals surface area contributed by atoms with Crippen LogP contribution in [-0.4, -0.2) is 33.7 Å². The van der Waals surface area contributed by atoms with E-state index in [-0.39, 0.29) is 5.91 Å². The predicted molar refractivity (Wildman–Crippen MR) is 80.7 cm³/mol. The van der Waals surface area contributed by atoms with Gasteiger partial charge in [-0.05, 0) is 36.6 Å². The molecule has 0 unspecified atom stereocenters. The summed E-state index contributed by atoms with van der Waals surface area (Å²) in [5, 5.41) is 4.29. The predicted octanol–water partition coefficient (Wildman–Crippen LogP) is 1.82. The number of carbonyl (C=O) groups is 1. The number of aromatic nitrogens is 2. The Morgan fingerprint density at radius 3 is 2.52 bits per heavy atom. The maximum absolute atomic E-state index is 12.5. The normalized spacial score (nSPS) is 16.1. The number of hydrogen-bond acceptors (Lipinski definition) is 3. The summed E-state index contributed by atoms with van der Waals surface area (Å²) in [6, 6.07) is 9.92. The summed E-state index contributed by atoms with van der Waals surface area (Å²) in [5.41, 5.74) is 7.36. The average molecular weight is 284 g/mol. The molecule has 21 heavy (non-hydrogen) atoms. The van der Waals surface area contributed by atoms with E-state index in [0.29, 0.717) is 12.6 Å². The Balaban J connectivity index is 1.62. The molecule has 1 aromatic heterocycles. The van der Waals surface area contributed by atoms with E-state index in [2.05, 4.69) is 5.10 Å². The molecule has 3 rings (SSSR count). The number of benzene rings is 1. The molecule has 1 saturated heterocycles. The summed E-state index contributed by atoms with van der Waals surface area (Å²) in [4.78, 5) is 14.4. The summed E-state index contributed by atoms with van der Waals surface area (Å²) in [6.45, 7) is 2.06. The molecule has 0 aliphatic carbocycles. The van der Waals surface area contributed by atoms with E-state index in [9.17, 15) is 4.79 Å². The van der Waals surface area contributed by atoms with Crippen molar-refractivity contribution in [1.29, 1.82) is 0 Å². The molecule has 1 aromatic carbocycles. The Kier molecular flexibility index (Phi) is 4.01. The van der Waals surface area contributed by atoms with Crippen LogP contribution < -0.4 is 5.73 Å². The maximum Gasteiger partial charge on any atom is 0.253 e. The standard InChI is InChI=1S/C16H20N4O/c17-12-13-2-4-14(5-3-13)16(21)19-10-6-15(7-11-19)20-9-1-8-18-20/h1-5,8-9,15H,6-7,10-12,17H2. The SMILES string of the molecule is NCc1ccc(C(=O)N2CCC(n3cccn3)CC2)cc1. The Morgan fingerprint density at radius 2 is 1.95 bits per heavy atom. The van der Waals surface area contributed by atoms with Gasteiger partial charge in [-0.15, -0.1) is 0 Å². The van der Waals surface area contributed by atoms with E-state index in [0.717, 1.165) is 37.1 Å². The van der Waals surface area contributed by atoms with Crippen LogP contribution in [-0.2, 0) is 6.54 Å². The van der Waals surface area contributed by atoms with Crippen molar-refractivity contribution in [2.24, 2.45) is 5.73 Å². The van der Waals surface area contributed by atoms with E-state index in [1.165, 1.54) is 0 Å². The molecule has 2 heterocycles. The molecule has 2 aromatic rings. The lowest BCUT2D eigenvalue weighted by atomic mass is 10.0. The van der Waals surface area contributed by atoms with Gasteiger partial charge in [0.15, 0.2) is 0 Å². The highest BCUT2D eigenvalue weighted by atomic mass is 16.2. The summed E-state index contributed by atoms with van der Waals surface area (Å²) in [7, 11) is 0. The van der Waals surface area contributed by atoms with Gasteiger partial charge in [0.05, 0.1) is 6.04 Å². The van der Waals surface area contributed by atoms with Crippen LogP contribution in [0.25, 0.3) is 0 Å². The lowest BCUT2D eigenvalue weighted by Crippen LogP contribution is -2.39. The number of rotatable bonds is 3. The molecule has 1 amide bonds. The van der Waals surface area contributed by atoms with E-state index in [1.54, 1.807) is 6.20 Å². The van der Waals surface area contributed by atoms with Crippen molar-refractivity contribution in [3.8, 4) is 0 Å². The van der Waals surface area contributed by atoms with Gasteiger partial charge >= 0.3 is 0 Å². The zero-order valence-corrected chi connectivity index (χ0v) is 12.0. The van der Waals surface area contributed by atoms with E-state index < -0.39 is 0 Å². The average Bonchev–Trinajstić information content (AvgIpc) is 3.09. The first kappa shape index (κ1) is 13.8. The van der Waals surface area contributed by atoms with Gasteiger partial charge in [0.25, 0.3) is 5.91 Å². The Morgan fingerprint density at radius 1 is 1.24 bits per heavy atom. The van der Waals surface area contributed by atoms with Crippen LogP contribution in [0.15, 0.2) is 42.7 Å². The van der Waals surface area contributed by atoms with Crippen molar-refractivity contribution < 1.29 is 4.79 Å². The van der Waals surface area contributed by atoms with Crippen molar-refractivity contribution in [2.45, 2.75) is 25.4 Å². The largest absolute Gasteiger partial charge is 0.338 e. The lowest BCUT2D eigenvalue weighted by molar-refractivity contribution is 0.0690. The zero-order chi connectivity index (χ0) is 14.7. The van der Waals surface area contributed by atoms with Crippen LogP contribution in [0.2, 0.25) is 0 Å². The highest BCUT2D eigenvalue weighted by molar-refractivity contribution is 5.94. The third-order valence-corrected chi connectivity index (χ3v) is 4.09. The second kappa shape index (κ2) is 6.10. The topological polar surface area (TPSA) is 64.2 Å². The van der Waals surface area contributed by atoms with Crippen molar-refractivity contribution in [2.75, 3.05) is 13.1 Å². The molecule has 110 valence electrons. The first-order valence-corrected chi connectivity index (χ1v) is 7.35. The van der Waals surface area contributed by atoms with Gasteiger partial charge in [0.1, 0.15) is 0 Å². The monoisotopic (exact) mass is 284 g/mol. The number of carbonyl (C=O) groups excluding carboxylic acids is 1. The van der Waals surface area contributed by atoms with Gasteiger partial charge in [-0.3, -0.25) is 9.48 Å². The molecular weight excluding hydrogens is 264 g/mol. The van der Waals surface area contributed by atoms with Gasteiger partial charge in [-0.25, -0.2) is 0 Å². The fraction of sp³-hybridized carbons (Fsp3) is 0.375. The van der Waals surface area contributed by atoms with Crippen LogP contribution in [0, 0.1) is 0 Å². The quantitative estimate of drug-likeness (QED) is 0.935. The van der Waals surface area contributed by atoms with E-state index in [1.807, 2.05) is 46.1 Å². The molecule has 1 aliphatic heterocycles. The molecule has 0 bridgehead atoms. The van der Waals surface area contributed by atoms with E-state index in [4.69, 9.17) is 5.73 Å². The molecular formula is C16H20N4O. The minimum atomic E-state index is 0.109. The second-order valence-corrected chi connectivity index (χ2v) is 5.41. The Hall–Kier alpha value is -2.14. The molecule has 2 N–H and O–H groups in total. The van der Waals surface area contributed by atoms with Crippen LogP contribution in [0.1, 0.15) is 34.8 Å². The van der Waals surface area contributed by atoms with Gasteiger partial charge in [-0.2, -0.15) is 5.10 Å². The first-order chi connectivity index (χ1) is 10.3. The number of piperidine rings is 1. The molecule has 0 saturated carbocycles. The van der Waals surface area contributed by atoms with Gasteiger partial charge < -0.3 is 10.6 Å². The number of hydrogen-bond donors (Lipinski definition) is 1. The molecule has 0 radical (unpaired) electrons. The highest BCUT2D eigenvalue weighted by Crippen LogP contribution is 2.22. The lowest BCUT2D eigenvalue weighted by Gasteiger charge is -2.32. The minimum absolute atomic E-state index is 0.109. The molecule has 1 aliphatic rings. The van der Waals surface area contributed by atoms with E-state index >= 15 is 0 Å². The maximum atomic E-state index is 12.5. The molecule has 5 nitrogen and oxygen atoms in total. The number of nitrogens with two attached hydrogens (primary N) is 1. The molecule has 1 fully saturated rings. The zero-order valence-electron chi connectivity index (χ0n) is 12.0. The van der Waals surface area contributed by atoms with Gasteiger partial charge in [0, 0.05) is 37.6 Å². The van der Waals surface area contributed by atoms with Crippen molar-refractivity contribution in [3.63, 3.8) is 0 Å². The number of amides is 1. The van der Waals surface area contributed by atoms with Crippen molar-refractivity contribution in [1.82, 2.24) is 14.7 Å². The third-order valence-electron chi connectivity index (χ3n) is 4.09. The summed E-state index contributed by atoms with van der Waals surface area (Å²) in [5.74, 6) is 0.109. The fourth-order valence-corrected chi connectivity index (χ4v) is 2.80. The first-order valence-electron chi connectivity index (χ1n) is 7.35. The van der Waals surface area contributed by atoms with Crippen LogP contribution in [0.4, 0.5) is 0 Å². The summed E-state index contributed by atoms with van der Waals surface area (Å²) in [6.07, 6.45) is 5.70. The van der Waals surface area contributed by atoms with Crippen molar-refractivity contribution in [3.05, 3.63) is 53.9 Å². The highest BCUT2D eigenvalue weighted by Gasteiger charge is 2.24. The second-order valence-electron chi connectivity index (χ2n) is 5.41. The smallest absolute Gasteiger partial charge is 0.253 e. The number of nitrogens with zero attached hydrogens (tertiary/aromatic N) is 3. The van der Waals surface area contributed by atoms with Crippen LogP contribution in [0.3, 0.4) is 0 Å². The third kappa shape index (κ3) is 2.97. The van der Waals surface area contributed by atoms with Gasteiger partial charge in [0.2, 0.25) is 0 Å². The minimum Gasteiger partial charge on any atom is -0.338 e. The summed E-state index contributed by atoms with van der Waals surface area (Å²) >= 11 is 0. The van der Waals surface area contributed by atoms with Crippen LogP contribution in [0.5, 0.6) is 0 Å². The Labute approximate surface area is 124 Å².